The number of carboxylic acids is 1. The number of carboxylic acid groups (broad SMARTS) is 1. The summed E-state index contributed by atoms with van der Waals surface area (Å²) >= 11 is 0. The molecule has 8 heteroatoms. The Hall–Kier alpha value is -2.64. The van der Waals surface area contributed by atoms with E-state index in [1.807, 2.05) is 6.07 Å². The molecule has 0 saturated carbocycles. The van der Waals surface area contributed by atoms with Crippen LogP contribution < -0.4 is 4.90 Å². The summed E-state index contributed by atoms with van der Waals surface area (Å²) in [6.07, 6.45) is -0.531. The van der Waals surface area contributed by atoms with E-state index in [0.717, 1.165) is 41.3 Å². The second-order valence-corrected chi connectivity index (χ2v) is 8.78. The van der Waals surface area contributed by atoms with Crippen LogP contribution in [0.4, 0.5) is 24.8 Å². The topological polar surface area (TPSA) is 66.3 Å². The van der Waals surface area contributed by atoms with Gasteiger partial charge in [-0.25, -0.2) is 14.8 Å². The minimum atomic E-state index is -4.49. The van der Waals surface area contributed by atoms with Gasteiger partial charge in [0.15, 0.2) is 0 Å². The summed E-state index contributed by atoms with van der Waals surface area (Å²) in [7, 11) is 0. The van der Waals surface area contributed by atoms with Crippen molar-refractivity contribution >= 4 is 17.6 Å². The summed E-state index contributed by atoms with van der Waals surface area (Å²) in [5.74, 6) is -1.43. The molecular weight excluding hydrogens is 383 g/mol. The Morgan fingerprint density at radius 3 is 2.14 bits per heavy atom. The van der Waals surface area contributed by atoms with Gasteiger partial charge in [0.2, 0.25) is 5.95 Å². The monoisotopic (exact) mass is 407 g/mol. The third-order valence-corrected chi connectivity index (χ3v) is 5.61. The van der Waals surface area contributed by atoms with Crippen LogP contribution in [0.1, 0.15) is 62.0 Å². The van der Waals surface area contributed by atoms with E-state index in [4.69, 9.17) is 5.11 Å². The molecule has 156 valence electrons. The highest BCUT2D eigenvalue weighted by molar-refractivity contribution is 5.86. The number of anilines is 2. The van der Waals surface area contributed by atoms with Crippen molar-refractivity contribution in [3.63, 3.8) is 0 Å². The molecular formula is C21H24F3N3O2. The maximum Gasteiger partial charge on any atom is 0.406 e. The molecule has 1 aliphatic rings. The van der Waals surface area contributed by atoms with Gasteiger partial charge in [-0.05, 0) is 46.9 Å². The number of aromatic nitrogens is 2. The molecule has 1 aromatic heterocycles. The van der Waals surface area contributed by atoms with Gasteiger partial charge in [-0.1, -0.05) is 33.8 Å². The molecule has 0 fully saturated rings. The van der Waals surface area contributed by atoms with Crippen LogP contribution in [-0.4, -0.2) is 33.8 Å². The number of fused-ring (bicyclic) bond motifs is 1. The van der Waals surface area contributed by atoms with Gasteiger partial charge in [-0.3, -0.25) is 0 Å². The van der Waals surface area contributed by atoms with Crippen LogP contribution in [0.15, 0.2) is 30.6 Å². The van der Waals surface area contributed by atoms with Crippen LogP contribution >= 0.6 is 0 Å². The molecule has 0 radical (unpaired) electrons. The molecule has 1 heterocycles. The van der Waals surface area contributed by atoms with Crippen molar-refractivity contribution in [3.05, 3.63) is 47.3 Å². The molecule has 0 amide bonds. The van der Waals surface area contributed by atoms with E-state index >= 15 is 0 Å². The number of hydrogen-bond donors (Lipinski definition) is 1. The number of aromatic carboxylic acids is 1. The summed E-state index contributed by atoms with van der Waals surface area (Å²) in [6.45, 7) is 7.19. The highest BCUT2D eigenvalue weighted by atomic mass is 19.4. The van der Waals surface area contributed by atoms with E-state index in [1.54, 1.807) is 12.1 Å². The number of benzene rings is 1. The number of carbonyl (C=O) groups is 1. The van der Waals surface area contributed by atoms with Crippen LogP contribution in [0.3, 0.4) is 0 Å². The predicted molar refractivity (Wildman–Crippen MR) is 104 cm³/mol. The Morgan fingerprint density at radius 2 is 1.62 bits per heavy atom. The average molecular weight is 407 g/mol. The van der Waals surface area contributed by atoms with E-state index in [9.17, 15) is 18.0 Å². The van der Waals surface area contributed by atoms with E-state index in [2.05, 4.69) is 37.7 Å². The van der Waals surface area contributed by atoms with Gasteiger partial charge in [0.1, 0.15) is 6.54 Å². The summed E-state index contributed by atoms with van der Waals surface area (Å²) in [5, 5.41) is 8.98. The van der Waals surface area contributed by atoms with Crippen molar-refractivity contribution in [1.29, 1.82) is 0 Å². The first kappa shape index (κ1) is 21.1. The minimum absolute atomic E-state index is 0.0577. The molecule has 29 heavy (non-hydrogen) atoms. The molecule has 2 aromatic rings. The van der Waals surface area contributed by atoms with Gasteiger partial charge in [0.05, 0.1) is 5.56 Å². The summed E-state index contributed by atoms with van der Waals surface area (Å²) < 4.78 is 39.9. The van der Waals surface area contributed by atoms with Crippen molar-refractivity contribution in [2.24, 2.45) is 0 Å². The van der Waals surface area contributed by atoms with Crippen LogP contribution in [0, 0.1) is 0 Å². The molecule has 3 rings (SSSR count). The maximum absolute atomic E-state index is 13.3. The third-order valence-electron chi connectivity index (χ3n) is 5.61. The molecule has 0 atom stereocenters. The van der Waals surface area contributed by atoms with E-state index < -0.39 is 18.7 Å². The SMILES string of the molecule is CC1(C)CCC(C)(C)c2cc(N(CC(F)(F)F)c3ncc(C(=O)O)cn3)ccc21. The molecule has 5 nitrogen and oxygen atoms in total. The Balaban J connectivity index is 2.10. The second kappa shape index (κ2) is 7.00. The van der Waals surface area contributed by atoms with Crippen molar-refractivity contribution in [2.75, 3.05) is 11.4 Å². The number of nitrogens with zero attached hydrogens (tertiary/aromatic N) is 3. The Morgan fingerprint density at radius 1 is 1.07 bits per heavy atom. The van der Waals surface area contributed by atoms with Gasteiger partial charge < -0.3 is 10.0 Å². The average Bonchev–Trinajstić information content (AvgIpc) is 2.63. The predicted octanol–water partition coefficient (Wildman–Crippen LogP) is 5.22. The van der Waals surface area contributed by atoms with Crippen molar-refractivity contribution < 1.29 is 23.1 Å². The molecule has 0 bridgehead atoms. The van der Waals surface area contributed by atoms with Crippen LogP contribution in [0.2, 0.25) is 0 Å². The lowest BCUT2D eigenvalue weighted by Crippen LogP contribution is -2.35. The summed E-state index contributed by atoms with van der Waals surface area (Å²) in [4.78, 5) is 19.7. The van der Waals surface area contributed by atoms with Gasteiger partial charge >= 0.3 is 12.1 Å². The molecule has 0 spiro atoms. The Kier molecular flexibility index (Phi) is 5.09. The van der Waals surface area contributed by atoms with Gasteiger partial charge in [0, 0.05) is 18.1 Å². The van der Waals surface area contributed by atoms with Crippen molar-refractivity contribution in [2.45, 2.75) is 57.5 Å². The fourth-order valence-electron chi connectivity index (χ4n) is 3.77. The smallest absolute Gasteiger partial charge is 0.406 e. The number of halogens is 3. The number of rotatable bonds is 4. The fraction of sp³-hybridized carbons (Fsp3) is 0.476. The van der Waals surface area contributed by atoms with Gasteiger partial charge in [-0.2, -0.15) is 13.2 Å². The quantitative estimate of drug-likeness (QED) is 0.752. The molecule has 0 unspecified atom stereocenters. The largest absolute Gasteiger partial charge is 0.478 e. The van der Waals surface area contributed by atoms with E-state index in [1.165, 1.54) is 0 Å². The summed E-state index contributed by atoms with van der Waals surface area (Å²) in [6, 6.07) is 5.33. The van der Waals surface area contributed by atoms with Crippen molar-refractivity contribution in [1.82, 2.24) is 9.97 Å². The molecule has 0 saturated heterocycles. The van der Waals surface area contributed by atoms with Crippen LogP contribution in [0.25, 0.3) is 0 Å². The number of alkyl halides is 3. The normalized spacial score (nSPS) is 17.5. The first-order valence-electron chi connectivity index (χ1n) is 9.35. The van der Waals surface area contributed by atoms with Crippen LogP contribution in [-0.2, 0) is 10.8 Å². The molecule has 1 aliphatic carbocycles. The fourth-order valence-corrected chi connectivity index (χ4v) is 3.77. The zero-order valence-electron chi connectivity index (χ0n) is 16.8. The second-order valence-electron chi connectivity index (χ2n) is 8.78. The third kappa shape index (κ3) is 4.36. The highest BCUT2D eigenvalue weighted by Crippen LogP contribution is 2.47. The van der Waals surface area contributed by atoms with Gasteiger partial charge in [-0.15, -0.1) is 0 Å². The maximum atomic E-state index is 13.3. The lowest BCUT2D eigenvalue weighted by Gasteiger charge is -2.42. The minimum Gasteiger partial charge on any atom is -0.478 e. The summed E-state index contributed by atoms with van der Waals surface area (Å²) in [5.41, 5.74) is 2.06. The van der Waals surface area contributed by atoms with Gasteiger partial charge in [0.25, 0.3) is 0 Å². The lowest BCUT2D eigenvalue weighted by atomic mass is 9.63. The molecule has 1 aromatic carbocycles. The highest BCUT2D eigenvalue weighted by Gasteiger charge is 2.38. The zero-order chi connectivity index (χ0) is 21.6. The standard InChI is InChI=1S/C21H24F3N3O2/c1-19(2)7-8-20(3,4)16-9-14(5-6-15(16)19)27(12-21(22,23)24)18-25-10-13(11-26-18)17(28)29/h5-6,9-11H,7-8,12H2,1-4H3,(H,28,29). The molecule has 0 aliphatic heterocycles. The first-order chi connectivity index (χ1) is 13.3. The van der Waals surface area contributed by atoms with E-state index in [-0.39, 0.29) is 22.3 Å². The van der Waals surface area contributed by atoms with E-state index in [0.29, 0.717) is 5.69 Å². The first-order valence-corrected chi connectivity index (χ1v) is 9.35. The zero-order valence-corrected chi connectivity index (χ0v) is 16.8. The Labute approximate surface area is 167 Å². The lowest BCUT2D eigenvalue weighted by molar-refractivity contribution is -0.118. The Bertz CT molecular complexity index is 922. The van der Waals surface area contributed by atoms with Crippen LogP contribution in [0.5, 0.6) is 0 Å². The molecule has 1 N–H and O–H groups in total. The number of hydrogen-bond acceptors (Lipinski definition) is 4. The van der Waals surface area contributed by atoms with Crippen molar-refractivity contribution in [3.8, 4) is 0 Å².